The number of methoxy groups -OCH3 is 1. The molecule has 0 saturated carbocycles. The van der Waals surface area contributed by atoms with E-state index in [0.717, 1.165) is 11.3 Å². The summed E-state index contributed by atoms with van der Waals surface area (Å²) in [7, 11) is 3.35. The number of ether oxygens (including phenoxy) is 1. The van der Waals surface area contributed by atoms with Crippen molar-refractivity contribution in [3.8, 4) is 17.0 Å². The molecule has 0 bridgehead atoms. The van der Waals surface area contributed by atoms with Crippen molar-refractivity contribution < 1.29 is 4.74 Å². The molecule has 0 aliphatic heterocycles. The molecule has 0 amide bonds. The summed E-state index contributed by atoms with van der Waals surface area (Å²) in [6, 6.07) is 5.56. The maximum absolute atomic E-state index is 5.80. The molecule has 0 fully saturated rings. The van der Waals surface area contributed by atoms with E-state index in [1.165, 1.54) is 4.80 Å². The highest BCUT2D eigenvalue weighted by atomic mass is 16.5. The van der Waals surface area contributed by atoms with E-state index in [2.05, 4.69) is 10.2 Å². The van der Waals surface area contributed by atoms with Gasteiger partial charge in [-0.05, 0) is 12.1 Å². The van der Waals surface area contributed by atoms with Gasteiger partial charge in [-0.3, -0.25) is 0 Å². The molecule has 0 saturated heterocycles. The summed E-state index contributed by atoms with van der Waals surface area (Å²) >= 11 is 0. The van der Waals surface area contributed by atoms with Crippen LogP contribution in [0.3, 0.4) is 0 Å². The van der Waals surface area contributed by atoms with E-state index in [1.807, 2.05) is 12.1 Å². The topological polar surface area (TPSA) is 66.0 Å². The maximum Gasteiger partial charge on any atom is 0.151 e. The number of aryl methyl sites for hydroxylation is 1. The molecule has 5 nitrogen and oxygen atoms in total. The van der Waals surface area contributed by atoms with Crippen LogP contribution in [0, 0.1) is 0 Å². The number of nitrogens with zero attached hydrogens (tertiary/aromatic N) is 3. The van der Waals surface area contributed by atoms with Crippen molar-refractivity contribution in [3.63, 3.8) is 0 Å². The number of benzene rings is 1. The third kappa shape index (κ3) is 1.63. The van der Waals surface area contributed by atoms with Gasteiger partial charge in [0.25, 0.3) is 0 Å². The Morgan fingerprint density at radius 1 is 1.40 bits per heavy atom. The summed E-state index contributed by atoms with van der Waals surface area (Å²) in [5.74, 6) is 0.637. The molecule has 2 rings (SSSR count). The van der Waals surface area contributed by atoms with Gasteiger partial charge >= 0.3 is 0 Å². The number of nitrogens with two attached hydrogens (primary N) is 1. The second-order valence-electron chi connectivity index (χ2n) is 3.15. The lowest BCUT2D eigenvalue weighted by molar-refractivity contribution is 0.418. The highest BCUT2D eigenvalue weighted by molar-refractivity contribution is 5.74. The van der Waals surface area contributed by atoms with Gasteiger partial charge in [-0.2, -0.15) is 15.0 Å². The summed E-state index contributed by atoms with van der Waals surface area (Å²) in [6.07, 6.45) is 1.68. The van der Waals surface area contributed by atoms with Crippen LogP contribution < -0.4 is 10.5 Å². The quantitative estimate of drug-likeness (QED) is 0.743. The number of rotatable bonds is 2. The average Bonchev–Trinajstić information content (AvgIpc) is 2.64. The van der Waals surface area contributed by atoms with Crippen LogP contribution in [-0.4, -0.2) is 22.1 Å². The molecule has 15 heavy (non-hydrogen) atoms. The monoisotopic (exact) mass is 204 g/mol. The number of aromatic nitrogens is 3. The standard InChI is InChI=1S/C10H12N4O/c1-14-12-6-9(13-14)7-4-3-5-8(11)10(7)15-2/h3-6H,11H2,1-2H3. The molecule has 0 unspecified atom stereocenters. The minimum absolute atomic E-state index is 0.598. The van der Waals surface area contributed by atoms with E-state index in [4.69, 9.17) is 10.5 Å². The van der Waals surface area contributed by atoms with Crippen LogP contribution in [0.4, 0.5) is 5.69 Å². The fourth-order valence-corrected chi connectivity index (χ4v) is 1.45. The summed E-state index contributed by atoms with van der Waals surface area (Å²) in [5, 5.41) is 8.21. The molecule has 1 heterocycles. The van der Waals surface area contributed by atoms with Crippen molar-refractivity contribution in [2.24, 2.45) is 7.05 Å². The Morgan fingerprint density at radius 3 is 2.80 bits per heavy atom. The first-order valence-electron chi connectivity index (χ1n) is 4.51. The molecule has 5 heteroatoms. The molecular weight excluding hydrogens is 192 g/mol. The summed E-state index contributed by atoms with van der Waals surface area (Å²) < 4.78 is 5.24. The summed E-state index contributed by atoms with van der Waals surface area (Å²) in [4.78, 5) is 1.50. The number of anilines is 1. The first-order chi connectivity index (χ1) is 7.22. The molecule has 1 aromatic carbocycles. The lowest BCUT2D eigenvalue weighted by Gasteiger charge is -2.08. The van der Waals surface area contributed by atoms with Crippen LogP contribution in [0.5, 0.6) is 5.75 Å². The molecule has 0 atom stereocenters. The average molecular weight is 204 g/mol. The minimum Gasteiger partial charge on any atom is -0.494 e. The zero-order valence-electron chi connectivity index (χ0n) is 8.64. The van der Waals surface area contributed by atoms with E-state index >= 15 is 0 Å². The smallest absolute Gasteiger partial charge is 0.151 e. The Kier molecular flexibility index (Phi) is 2.29. The van der Waals surface area contributed by atoms with Gasteiger partial charge in [0.15, 0.2) is 5.75 Å². The number of hydrogen-bond acceptors (Lipinski definition) is 4. The Bertz CT molecular complexity index is 478. The van der Waals surface area contributed by atoms with Crippen LogP contribution in [0.15, 0.2) is 24.4 Å². The van der Waals surface area contributed by atoms with Gasteiger partial charge in [-0.1, -0.05) is 6.07 Å². The third-order valence-corrected chi connectivity index (χ3v) is 2.13. The van der Waals surface area contributed by atoms with E-state index in [0.29, 0.717) is 11.4 Å². The molecule has 1 aromatic heterocycles. The fraction of sp³-hybridized carbons (Fsp3) is 0.200. The molecule has 0 aliphatic rings. The predicted octanol–water partition coefficient (Wildman–Crippen LogP) is 1.07. The van der Waals surface area contributed by atoms with Crippen molar-refractivity contribution >= 4 is 5.69 Å². The largest absolute Gasteiger partial charge is 0.494 e. The number of para-hydroxylation sites is 1. The summed E-state index contributed by atoms with van der Waals surface area (Å²) in [5.41, 5.74) is 8.00. The molecule has 2 N–H and O–H groups in total. The van der Waals surface area contributed by atoms with E-state index < -0.39 is 0 Å². The van der Waals surface area contributed by atoms with Gasteiger partial charge in [0.05, 0.1) is 19.0 Å². The second kappa shape index (κ2) is 3.61. The Balaban J connectivity index is 2.57. The highest BCUT2D eigenvalue weighted by Gasteiger charge is 2.11. The Hall–Kier alpha value is -2.04. The summed E-state index contributed by atoms with van der Waals surface area (Å²) in [6.45, 7) is 0. The van der Waals surface area contributed by atoms with E-state index in [1.54, 1.807) is 26.4 Å². The zero-order chi connectivity index (χ0) is 10.8. The normalized spacial score (nSPS) is 10.3. The Labute approximate surface area is 87.5 Å². The molecule has 0 spiro atoms. The second-order valence-corrected chi connectivity index (χ2v) is 3.15. The van der Waals surface area contributed by atoms with Crippen molar-refractivity contribution in [2.75, 3.05) is 12.8 Å². The van der Waals surface area contributed by atoms with Gasteiger partial charge in [0.2, 0.25) is 0 Å². The van der Waals surface area contributed by atoms with Crippen molar-refractivity contribution in [3.05, 3.63) is 24.4 Å². The fourth-order valence-electron chi connectivity index (χ4n) is 1.45. The lowest BCUT2D eigenvalue weighted by atomic mass is 10.1. The van der Waals surface area contributed by atoms with Crippen molar-refractivity contribution in [2.45, 2.75) is 0 Å². The molecule has 0 aliphatic carbocycles. The SMILES string of the molecule is COc1c(N)cccc1-c1cnn(C)n1. The predicted molar refractivity (Wildman–Crippen MR) is 57.4 cm³/mol. The zero-order valence-corrected chi connectivity index (χ0v) is 8.64. The first kappa shape index (κ1) is 9.51. The lowest BCUT2D eigenvalue weighted by Crippen LogP contribution is -1.96. The molecular formula is C10H12N4O. The highest BCUT2D eigenvalue weighted by Crippen LogP contribution is 2.32. The third-order valence-electron chi connectivity index (χ3n) is 2.13. The van der Waals surface area contributed by atoms with Crippen molar-refractivity contribution in [1.82, 2.24) is 15.0 Å². The van der Waals surface area contributed by atoms with Crippen LogP contribution in [0.25, 0.3) is 11.3 Å². The number of hydrogen-bond donors (Lipinski definition) is 1. The van der Waals surface area contributed by atoms with Gasteiger partial charge in [0, 0.05) is 12.6 Å². The van der Waals surface area contributed by atoms with Crippen LogP contribution in [0.1, 0.15) is 0 Å². The Morgan fingerprint density at radius 2 is 2.20 bits per heavy atom. The van der Waals surface area contributed by atoms with Crippen LogP contribution in [0.2, 0.25) is 0 Å². The van der Waals surface area contributed by atoms with E-state index in [9.17, 15) is 0 Å². The van der Waals surface area contributed by atoms with Gasteiger partial charge < -0.3 is 10.5 Å². The number of nitrogen functional groups attached to an aromatic ring is 1. The first-order valence-corrected chi connectivity index (χ1v) is 4.51. The van der Waals surface area contributed by atoms with Gasteiger partial charge in [-0.25, -0.2) is 0 Å². The van der Waals surface area contributed by atoms with Gasteiger partial charge in [0.1, 0.15) is 5.69 Å². The van der Waals surface area contributed by atoms with E-state index in [-0.39, 0.29) is 0 Å². The molecule has 78 valence electrons. The van der Waals surface area contributed by atoms with Crippen LogP contribution in [-0.2, 0) is 7.05 Å². The van der Waals surface area contributed by atoms with Gasteiger partial charge in [-0.15, -0.1) is 0 Å². The molecule has 2 aromatic rings. The van der Waals surface area contributed by atoms with Crippen LogP contribution >= 0.6 is 0 Å². The van der Waals surface area contributed by atoms with Crippen molar-refractivity contribution in [1.29, 1.82) is 0 Å². The molecule has 0 radical (unpaired) electrons. The maximum atomic E-state index is 5.80. The minimum atomic E-state index is 0.598.